The van der Waals surface area contributed by atoms with Crippen molar-refractivity contribution in [2.75, 3.05) is 13.1 Å². The molecule has 1 aromatic heterocycles. The molecule has 5 nitrogen and oxygen atoms in total. The molecular formula is C22H28N4O. The molecule has 2 aromatic rings. The standard InChI is InChI=1S/C22H28N4O/c1-25-20-9-8-18(23-13-15-6-7-15)12-19(20)21(24-25)22(27)26-11-10-16-4-2-3-5-17(16)14-26/h2-5,15,18,23H,6-14H2,1H3. The lowest BCUT2D eigenvalue weighted by Gasteiger charge is -2.29. The van der Waals surface area contributed by atoms with Crippen molar-refractivity contribution >= 4 is 5.91 Å². The highest BCUT2D eigenvalue weighted by atomic mass is 16.2. The van der Waals surface area contributed by atoms with Crippen LogP contribution < -0.4 is 5.32 Å². The maximum atomic E-state index is 13.3. The minimum atomic E-state index is 0.101. The molecule has 1 saturated carbocycles. The summed E-state index contributed by atoms with van der Waals surface area (Å²) in [4.78, 5) is 15.3. The molecular weight excluding hydrogens is 336 g/mol. The number of hydrogen-bond donors (Lipinski definition) is 1. The SMILES string of the molecule is Cn1nc(C(=O)N2CCc3ccccc3C2)c2c1CCC(NCC1CC1)C2. The summed E-state index contributed by atoms with van der Waals surface area (Å²) in [6, 6.07) is 8.94. The maximum Gasteiger partial charge on any atom is 0.274 e. The molecule has 1 unspecified atom stereocenters. The molecule has 27 heavy (non-hydrogen) atoms. The van der Waals surface area contributed by atoms with Gasteiger partial charge in [0.1, 0.15) is 0 Å². The summed E-state index contributed by atoms with van der Waals surface area (Å²) in [7, 11) is 1.99. The fraction of sp³-hybridized carbons (Fsp3) is 0.545. The minimum Gasteiger partial charge on any atom is -0.333 e. The Morgan fingerprint density at radius 3 is 2.81 bits per heavy atom. The molecule has 1 amide bonds. The number of carbonyl (C=O) groups excluding carboxylic acids is 1. The van der Waals surface area contributed by atoms with Crippen LogP contribution in [-0.4, -0.2) is 39.7 Å². The van der Waals surface area contributed by atoms with E-state index in [-0.39, 0.29) is 5.91 Å². The van der Waals surface area contributed by atoms with Crippen molar-refractivity contribution < 1.29 is 4.79 Å². The van der Waals surface area contributed by atoms with Crippen LogP contribution in [0.2, 0.25) is 0 Å². The molecule has 1 aliphatic heterocycles. The molecule has 5 rings (SSSR count). The van der Waals surface area contributed by atoms with Crippen LogP contribution in [0.5, 0.6) is 0 Å². The summed E-state index contributed by atoms with van der Waals surface area (Å²) in [6.45, 7) is 2.61. The van der Waals surface area contributed by atoms with Crippen LogP contribution >= 0.6 is 0 Å². The van der Waals surface area contributed by atoms with E-state index in [9.17, 15) is 4.79 Å². The monoisotopic (exact) mass is 364 g/mol. The number of fused-ring (bicyclic) bond motifs is 2. The molecule has 2 aliphatic carbocycles. The van der Waals surface area contributed by atoms with Gasteiger partial charge in [-0.3, -0.25) is 9.48 Å². The maximum absolute atomic E-state index is 13.3. The van der Waals surface area contributed by atoms with Gasteiger partial charge in [0, 0.05) is 37.4 Å². The lowest BCUT2D eigenvalue weighted by Crippen LogP contribution is -2.38. The Morgan fingerprint density at radius 1 is 1.19 bits per heavy atom. The second-order valence-electron chi connectivity index (χ2n) is 8.43. The van der Waals surface area contributed by atoms with Gasteiger partial charge in [-0.1, -0.05) is 24.3 Å². The van der Waals surface area contributed by atoms with Gasteiger partial charge in [-0.25, -0.2) is 0 Å². The highest BCUT2D eigenvalue weighted by Gasteiger charge is 2.32. The van der Waals surface area contributed by atoms with E-state index in [1.54, 1.807) is 0 Å². The van der Waals surface area contributed by atoms with Crippen molar-refractivity contribution in [3.8, 4) is 0 Å². The molecule has 0 saturated heterocycles. The Labute approximate surface area is 160 Å². The Morgan fingerprint density at radius 2 is 2.00 bits per heavy atom. The number of rotatable bonds is 4. The van der Waals surface area contributed by atoms with E-state index in [0.29, 0.717) is 18.3 Å². The molecule has 0 radical (unpaired) electrons. The molecule has 2 heterocycles. The fourth-order valence-electron chi connectivity index (χ4n) is 4.61. The first-order chi connectivity index (χ1) is 13.2. The van der Waals surface area contributed by atoms with Crippen LogP contribution in [-0.2, 0) is 32.9 Å². The first-order valence-corrected chi connectivity index (χ1v) is 10.3. The first kappa shape index (κ1) is 17.0. The van der Waals surface area contributed by atoms with Gasteiger partial charge in [0.25, 0.3) is 5.91 Å². The quantitative estimate of drug-likeness (QED) is 0.907. The van der Waals surface area contributed by atoms with E-state index in [4.69, 9.17) is 0 Å². The van der Waals surface area contributed by atoms with Gasteiger partial charge in [0.05, 0.1) is 0 Å². The summed E-state index contributed by atoms with van der Waals surface area (Å²) >= 11 is 0. The predicted octanol–water partition coefficient (Wildman–Crippen LogP) is 2.48. The van der Waals surface area contributed by atoms with Crippen molar-refractivity contribution in [2.45, 2.75) is 51.1 Å². The molecule has 1 N–H and O–H groups in total. The number of amides is 1. The molecule has 0 spiro atoms. The average Bonchev–Trinajstić information content (AvgIpc) is 3.48. The van der Waals surface area contributed by atoms with Crippen molar-refractivity contribution in [2.24, 2.45) is 13.0 Å². The summed E-state index contributed by atoms with van der Waals surface area (Å²) < 4.78 is 1.94. The van der Waals surface area contributed by atoms with Crippen molar-refractivity contribution in [3.63, 3.8) is 0 Å². The molecule has 5 heteroatoms. The van der Waals surface area contributed by atoms with Crippen molar-refractivity contribution in [1.29, 1.82) is 0 Å². The first-order valence-electron chi connectivity index (χ1n) is 10.3. The van der Waals surface area contributed by atoms with E-state index in [2.05, 4.69) is 34.7 Å². The summed E-state index contributed by atoms with van der Waals surface area (Å²) in [5.41, 5.74) is 5.76. The van der Waals surface area contributed by atoms with Gasteiger partial charge in [-0.05, 0) is 62.1 Å². The smallest absolute Gasteiger partial charge is 0.274 e. The lowest BCUT2D eigenvalue weighted by atomic mass is 9.90. The Bertz CT molecular complexity index is 867. The third-order valence-electron chi connectivity index (χ3n) is 6.47. The lowest BCUT2D eigenvalue weighted by molar-refractivity contribution is 0.0726. The van der Waals surface area contributed by atoms with Gasteiger partial charge in [0.15, 0.2) is 5.69 Å². The molecule has 3 aliphatic rings. The highest BCUT2D eigenvalue weighted by molar-refractivity contribution is 5.94. The van der Waals surface area contributed by atoms with Crippen molar-refractivity contribution in [3.05, 3.63) is 52.3 Å². The van der Waals surface area contributed by atoms with Crippen LogP contribution in [0.1, 0.15) is 52.1 Å². The van der Waals surface area contributed by atoms with Crippen LogP contribution in [0.25, 0.3) is 0 Å². The van der Waals surface area contributed by atoms with E-state index in [1.165, 1.54) is 35.2 Å². The minimum absolute atomic E-state index is 0.101. The predicted molar refractivity (Wildman–Crippen MR) is 105 cm³/mol. The molecule has 1 aromatic carbocycles. The zero-order valence-electron chi connectivity index (χ0n) is 16.1. The number of carbonyl (C=O) groups is 1. The van der Waals surface area contributed by atoms with E-state index >= 15 is 0 Å². The number of nitrogens with zero attached hydrogens (tertiary/aromatic N) is 3. The van der Waals surface area contributed by atoms with Gasteiger partial charge in [-0.15, -0.1) is 0 Å². The number of benzene rings is 1. The van der Waals surface area contributed by atoms with Crippen LogP contribution in [0.3, 0.4) is 0 Å². The summed E-state index contributed by atoms with van der Waals surface area (Å²) in [6.07, 6.45) is 6.77. The van der Waals surface area contributed by atoms with Gasteiger partial charge < -0.3 is 10.2 Å². The second kappa shape index (κ2) is 6.79. The molecule has 1 fully saturated rings. The van der Waals surface area contributed by atoms with Crippen LogP contribution in [0.4, 0.5) is 0 Å². The van der Waals surface area contributed by atoms with E-state index in [1.807, 2.05) is 16.6 Å². The zero-order valence-corrected chi connectivity index (χ0v) is 16.1. The van der Waals surface area contributed by atoms with Gasteiger partial charge in [0.2, 0.25) is 0 Å². The number of aryl methyl sites for hydroxylation is 1. The molecule has 0 bridgehead atoms. The Kier molecular flexibility index (Phi) is 4.27. The topological polar surface area (TPSA) is 50.2 Å². The Balaban J connectivity index is 1.35. The second-order valence-corrected chi connectivity index (χ2v) is 8.43. The van der Waals surface area contributed by atoms with Gasteiger partial charge >= 0.3 is 0 Å². The third-order valence-corrected chi connectivity index (χ3v) is 6.47. The van der Waals surface area contributed by atoms with Gasteiger partial charge in [-0.2, -0.15) is 5.10 Å². The average molecular weight is 364 g/mol. The number of hydrogen-bond acceptors (Lipinski definition) is 3. The van der Waals surface area contributed by atoms with E-state index in [0.717, 1.165) is 44.7 Å². The normalized spacial score (nSPS) is 21.7. The fourth-order valence-corrected chi connectivity index (χ4v) is 4.61. The van der Waals surface area contributed by atoms with E-state index < -0.39 is 0 Å². The zero-order chi connectivity index (χ0) is 18.4. The summed E-state index contributed by atoms with van der Waals surface area (Å²) in [5.74, 6) is 0.985. The molecule has 142 valence electrons. The molecule has 1 atom stereocenters. The number of aromatic nitrogens is 2. The summed E-state index contributed by atoms with van der Waals surface area (Å²) in [5, 5.41) is 8.39. The Hall–Kier alpha value is -2.14. The largest absolute Gasteiger partial charge is 0.333 e. The number of nitrogens with one attached hydrogen (secondary N) is 1. The third kappa shape index (κ3) is 3.29. The van der Waals surface area contributed by atoms with Crippen LogP contribution in [0.15, 0.2) is 24.3 Å². The highest BCUT2D eigenvalue weighted by Crippen LogP contribution is 2.30. The van der Waals surface area contributed by atoms with Crippen LogP contribution in [0, 0.1) is 5.92 Å². The van der Waals surface area contributed by atoms with Crippen molar-refractivity contribution in [1.82, 2.24) is 20.0 Å².